The van der Waals surface area contributed by atoms with E-state index >= 15 is 0 Å². The average Bonchev–Trinajstić information content (AvgIpc) is 2.92. The fraction of sp³-hybridized carbons (Fsp3) is 0.345. The highest BCUT2D eigenvalue weighted by Crippen LogP contribution is 2.48. The number of rotatable bonds is 8. The van der Waals surface area contributed by atoms with Crippen molar-refractivity contribution >= 4 is 23.4 Å². The van der Waals surface area contributed by atoms with Gasteiger partial charge in [-0.2, -0.15) is 0 Å². The van der Waals surface area contributed by atoms with Crippen molar-refractivity contribution in [1.29, 1.82) is 0 Å². The molecular formula is C29H30N2O8. The minimum absolute atomic E-state index is 0.0868. The smallest absolute Gasteiger partial charge is 0.336 e. The summed E-state index contributed by atoms with van der Waals surface area (Å²) in [5.41, 5.74) is 2.32. The van der Waals surface area contributed by atoms with Gasteiger partial charge in [-0.25, -0.2) is 4.79 Å². The number of ketones is 1. The van der Waals surface area contributed by atoms with Crippen LogP contribution in [0.2, 0.25) is 0 Å². The fourth-order valence-corrected chi connectivity index (χ4v) is 5.33. The van der Waals surface area contributed by atoms with Gasteiger partial charge < -0.3 is 19.5 Å². The van der Waals surface area contributed by atoms with Crippen molar-refractivity contribution in [3.63, 3.8) is 0 Å². The van der Waals surface area contributed by atoms with Crippen LogP contribution in [-0.4, -0.2) is 43.0 Å². The Kier molecular flexibility index (Phi) is 8.13. The van der Waals surface area contributed by atoms with Gasteiger partial charge in [-0.1, -0.05) is 24.3 Å². The molecule has 2 aliphatic rings. The summed E-state index contributed by atoms with van der Waals surface area (Å²) in [6.45, 7) is 5.22. The molecule has 0 fully saturated rings. The largest absolute Gasteiger partial charge is 0.497 e. The predicted octanol–water partition coefficient (Wildman–Crippen LogP) is 4.32. The maximum atomic E-state index is 14.3. The van der Waals surface area contributed by atoms with Gasteiger partial charge in [0.1, 0.15) is 11.7 Å². The van der Waals surface area contributed by atoms with Gasteiger partial charge in [-0.15, -0.1) is 0 Å². The van der Waals surface area contributed by atoms with Gasteiger partial charge in [0.25, 0.3) is 5.69 Å². The van der Waals surface area contributed by atoms with E-state index in [2.05, 4.69) is 5.32 Å². The van der Waals surface area contributed by atoms with Crippen LogP contribution in [0.4, 0.5) is 5.69 Å². The third-order valence-corrected chi connectivity index (χ3v) is 7.01. The molecule has 2 aromatic carbocycles. The number of non-ortho nitro benzene ring substituents is 1. The first kappa shape index (κ1) is 27.6. The van der Waals surface area contributed by atoms with Crippen molar-refractivity contribution < 1.29 is 33.5 Å². The van der Waals surface area contributed by atoms with Crippen LogP contribution >= 0.6 is 0 Å². The van der Waals surface area contributed by atoms with E-state index in [0.717, 1.165) is 5.56 Å². The normalized spacial score (nSPS) is 20.6. The van der Waals surface area contributed by atoms with Crippen LogP contribution in [0, 0.1) is 16.0 Å². The van der Waals surface area contributed by atoms with Crippen molar-refractivity contribution in [2.75, 3.05) is 20.3 Å². The highest BCUT2D eigenvalue weighted by atomic mass is 16.6. The maximum absolute atomic E-state index is 14.3. The first-order valence-electron chi connectivity index (χ1n) is 12.7. The summed E-state index contributed by atoms with van der Waals surface area (Å²) >= 11 is 0. The minimum atomic E-state index is -1.18. The Balaban J connectivity index is 1.91. The first-order valence-corrected chi connectivity index (χ1v) is 12.7. The summed E-state index contributed by atoms with van der Waals surface area (Å²) in [5.74, 6) is -3.89. The molecule has 39 heavy (non-hydrogen) atoms. The van der Waals surface area contributed by atoms with Gasteiger partial charge in [0.05, 0.1) is 30.8 Å². The third kappa shape index (κ3) is 5.27. The summed E-state index contributed by atoms with van der Waals surface area (Å²) in [4.78, 5) is 51.7. The van der Waals surface area contributed by atoms with Crippen LogP contribution in [0.5, 0.6) is 5.75 Å². The number of carbonyl (C=O) groups is 3. The number of nitro groups is 1. The Morgan fingerprint density at radius 1 is 1.05 bits per heavy atom. The number of benzene rings is 2. The topological polar surface area (TPSA) is 134 Å². The van der Waals surface area contributed by atoms with E-state index in [4.69, 9.17) is 14.2 Å². The number of nitro benzene ring substituents is 1. The molecule has 0 unspecified atom stereocenters. The summed E-state index contributed by atoms with van der Waals surface area (Å²) in [7, 11) is 1.55. The molecule has 1 N–H and O–H groups in total. The minimum Gasteiger partial charge on any atom is -0.497 e. The molecule has 0 radical (unpaired) electrons. The molecule has 0 spiro atoms. The number of hydrogen-bond donors (Lipinski definition) is 1. The van der Waals surface area contributed by atoms with Crippen LogP contribution in [-0.2, 0) is 23.9 Å². The number of dihydropyridines is 1. The molecule has 3 atom stereocenters. The highest BCUT2D eigenvalue weighted by Gasteiger charge is 2.49. The number of carbonyl (C=O) groups excluding carboxylic acids is 3. The van der Waals surface area contributed by atoms with Gasteiger partial charge in [-0.3, -0.25) is 19.7 Å². The van der Waals surface area contributed by atoms with Crippen LogP contribution in [0.3, 0.4) is 0 Å². The van der Waals surface area contributed by atoms with Crippen LogP contribution in [0.1, 0.15) is 50.2 Å². The third-order valence-electron chi connectivity index (χ3n) is 7.01. The molecule has 10 heteroatoms. The van der Waals surface area contributed by atoms with Gasteiger partial charge >= 0.3 is 11.9 Å². The van der Waals surface area contributed by atoms with E-state index < -0.39 is 40.4 Å². The number of hydrogen-bond acceptors (Lipinski definition) is 9. The molecular weight excluding hydrogens is 504 g/mol. The molecule has 1 aliphatic heterocycles. The van der Waals surface area contributed by atoms with E-state index in [-0.39, 0.29) is 36.5 Å². The average molecular weight is 535 g/mol. The van der Waals surface area contributed by atoms with Crippen molar-refractivity contribution in [2.45, 2.75) is 39.0 Å². The second kappa shape index (κ2) is 11.5. The molecule has 0 saturated heterocycles. The number of nitrogens with one attached hydrogen (secondary N) is 1. The zero-order valence-electron chi connectivity index (χ0n) is 22.2. The summed E-state index contributed by atoms with van der Waals surface area (Å²) in [6.07, 6.45) is 0.274. The van der Waals surface area contributed by atoms with Crippen molar-refractivity contribution in [1.82, 2.24) is 5.32 Å². The highest BCUT2D eigenvalue weighted by molar-refractivity contribution is 6.13. The van der Waals surface area contributed by atoms with Gasteiger partial charge in [-0.05, 0) is 50.5 Å². The molecule has 2 aromatic rings. The number of Topliss-reactive ketones (excluding diaryl/α,β-unsaturated/α-hetero) is 1. The molecule has 10 nitrogen and oxygen atoms in total. The Morgan fingerprint density at radius 3 is 2.36 bits per heavy atom. The summed E-state index contributed by atoms with van der Waals surface area (Å²) in [5, 5.41) is 14.8. The zero-order chi connectivity index (χ0) is 28.3. The number of esters is 2. The van der Waals surface area contributed by atoms with E-state index in [0.29, 0.717) is 22.7 Å². The quantitative estimate of drug-likeness (QED) is 0.227. The van der Waals surface area contributed by atoms with E-state index in [1.165, 1.54) is 18.2 Å². The Bertz CT molecular complexity index is 1380. The molecule has 1 aliphatic carbocycles. The summed E-state index contributed by atoms with van der Waals surface area (Å²) in [6, 6.07) is 12.9. The Labute approximate surface area is 225 Å². The molecule has 1 heterocycles. The predicted molar refractivity (Wildman–Crippen MR) is 141 cm³/mol. The standard InChI is InChI=1S/C29H30N2O8/c1-5-38-28(33)23-16(3)30-22-15-21(17-10-12-20(37-4)13-11-17)25(29(34)39-6-2)27(32)26(22)24(23)18-8-7-9-19(14-18)31(35)36/h7-14,21,24-25,30H,5-6,15H2,1-4H3/t21-,24-,25+/m0/s1. The second-order valence-corrected chi connectivity index (χ2v) is 9.24. The van der Waals surface area contributed by atoms with Gasteiger partial charge in [0.15, 0.2) is 5.78 Å². The van der Waals surface area contributed by atoms with Crippen molar-refractivity contribution in [3.8, 4) is 5.75 Å². The molecule has 0 bridgehead atoms. The molecule has 0 aromatic heterocycles. The number of ether oxygens (including phenoxy) is 3. The Morgan fingerprint density at radius 2 is 1.74 bits per heavy atom. The lowest BCUT2D eigenvalue weighted by Crippen LogP contribution is -2.43. The zero-order valence-corrected chi connectivity index (χ0v) is 22.2. The molecule has 204 valence electrons. The molecule has 0 saturated carbocycles. The maximum Gasteiger partial charge on any atom is 0.336 e. The van der Waals surface area contributed by atoms with Gasteiger partial charge in [0.2, 0.25) is 0 Å². The fourth-order valence-electron chi connectivity index (χ4n) is 5.33. The lowest BCUT2D eigenvalue weighted by Gasteiger charge is -2.39. The monoisotopic (exact) mass is 534 g/mol. The van der Waals surface area contributed by atoms with E-state index in [1.807, 2.05) is 12.1 Å². The van der Waals surface area contributed by atoms with E-state index in [9.17, 15) is 24.5 Å². The lowest BCUT2D eigenvalue weighted by molar-refractivity contribution is -0.384. The van der Waals surface area contributed by atoms with Crippen molar-refractivity contribution in [2.24, 2.45) is 5.92 Å². The van der Waals surface area contributed by atoms with Crippen molar-refractivity contribution in [3.05, 3.63) is 92.3 Å². The Hall–Kier alpha value is -4.47. The van der Waals surface area contributed by atoms with Crippen LogP contribution in [0.25, 0.3) is 0 Å². The van der Waals surface area contributed by atoms with Crippen LogP contribution < -0.4 is 10.1 Å². The lowest BCUT2D eigenvalue weighted by atomic mass is 9.67. The number of nitrogens with zero attached hydrogens (tertiary/aromatic N) is 1. The molecule has 0 amide bonds. The molecule has 4 rings (SSSR count). The SMILES string of the molecule is CCOC(=O)C1=C(C)NC2=C(C(=O)[C@H](C(=O)OCC)[C@H](c3ccc(OC)cc3)C2)[C@H]1c1cccc([N+](=O)[O-])c1. The summed E-state index contributed by atoms with van der Waals surface area (Å²) < 4.78 is 15.9. The number of allylic oxidation sites excluding steroid dienone is 3. The van der Waals surface area contributed by atoms with Crippen LogP contribution in [0.15, 0.2) is 71.1 Å². The number of methoxy groups -OCH3 is 1. The van der Waals surface area contributed by atoms with E-state index in [1.54, 1.807) is 46.1 Å². The second-order valence-electron chi connectivity index (χ2n) is 9.24. The van der Waals surface area contributed by atoms with Gasteiger partial charge in [0, 0.05) is 40.9 Å². The first-order chi connectivity index (χ1) is 18.7.